The molecule has 158 valence electrons. The SMILES string of the molecule is C[C@H]1CCc2c(sc3ncnc(NCCCN4CCN(c5ncccn5)CC4)c23)C1. The molecule has 1 N–H and O–H groups in total. The summed E-state index contributed by atoms with van der Waals surface area (Å²) in [5.41, 5.74) is 1.50. The molecule has 1 fully saturated rings. The molecule has 4 heterocycles. The fourth-order valence-electron chi connectivity index (χ4n) is 4.54. The smallest absolute Gasteiger partial charge is 0.225 e. The van der Waals surface area contributed by atoms with Crippen LogP contribution in [0.25, 0.3) is 10.2 Å². The molecule has 3 aromatic heterocycles. The number of piperazine rings is 1. The van der Waals surface area contributed by atoms with Crippen molar-refractivity contribution >= 4 is 33.3 Å². The van der Waals surface area contributed by atoms with Gasteiger partial charge in [-0.1, -0.05) is 6.92 Å². The van der Waals surface area contributed by atoms with Gasteiger partial charge in [0.05, 0.1) is 5.39 Å². The van der Waals surface area contributed by atoms with Gasteiger partial charge in [0.2, 0.25) is 5.95 Å². The van der Waals surface area contributed by atoms with Crippen LogP contribution in [-0.2, 0) is 12.8 Å². The second-order valence-corrected chi connectivity index (χ2v) is 9.50. The van der Waals surface area contributed by atoms with Crippen molar-refractivity contribution < 1.29 is 0 Å². The third-order valence-corrected chi connectivity index (χ3v) is 7.40. The van der Waals surface area contributed by atoms with Gasteiger partial charge in [0.15, 0.2) is 0 Å². The Labute approximate surface area is 181 Å². The number of thiophene rings is 1. The molecular formula is C22H29N7S. The Morgan fingerprint density at radius 2 is 1.93 bits per heavy atom. The van der Waals surface area contributed by atoms with Crippen LogP contribution in [-0.4, -0.2) is 64.1 Å². The summed E-state index contributed by atoms with van der Waals surface area (Å²) in [6, 6.07) is 1.87. The molecule has 1 saturated heterocycles. The minimum atomic E-state index is 0.781. The first-order chi connectivity index (χ1) is 14.8. The van der Waals surface area contributed by atoms with Crippen molar-refractivity contribution in [1.82, 2.24) is 24.8 Å². The highest BCUT2D eigenvalue weighted by Crippen LogP contribution is 2.39. The van der Waals surface area contributed by atoms with Crippen LogP contribution < -0.4 is 10.2 Å². The van der Waals surface area contributed by atoms with Gasteiger partial charge in [0, 0.05) is 50.0 Å². The van der Waals surface area contributed by atoms with E-state index in [1.54, 1.807) is 6.33 Å². The highest BCUT2D eigenvalue weighted by Gasteiger charge is 2.23. The molecule has 0 unspecified atom stereocenters. The Bertz CT molecular complexity index is 982. The number of rotatable bonds is 6. The van der Waals surface area contributed by atoms with Gasteiger partial charge in [-0.15, -0.1) is 11.3 Å². The van der Waals surface area contributed by atoms with Crippen LogP contribution in [0, 0.1) is 5.92 Å². The zero-order valence-corrected chi connectivity index (χ0v) is 18.4. The monoisotopic (exact) mass is 423 g/mol. The normalized spacial score (nSPS) is 19.8. The van der Waals surface area contributed by atoms with E-state index in [4.69, 9.17) is 0 Å². The van der Waals surface area contributed by atoms with Gasteiger partial charge < -0.3 is 10.2 Å². The number of hydrogen-bond donors (Lipinski definition) is 1. The van der Waals surface area contributed by atoms with Crippen LogP contribution in [0.1, 0.15) is 30.2 Å². The van der Waals surface area contributed by atoms with E-state index < -0.39 is 0 Å². The molecular weight excluding hydrogens is 394 g/mol. The molecule has 30 heavy (non-hydrogen) atoms. The molecule has 3 aromatic rings. The minimum Gasteiger partial charge on any atom is -0.369 e. The van der Waals surface area contributed by atoms with Gasteiger partial charge in [-0.25, -0.2) is 19.9 Å². The Balaban J connectivity index is 1.13. The first-order valence-electron chi connectivity index (χ1n) is 11.0. The topological polar surface area (TPSA) is 70.1 Å². The lowest BCUT2D eigenvalue weighted by molar-refractivity contribution is 0.256. The van der Waals surface area contributed by atoms with Crippen LogP contribution in [0.5, 0.6) is 0 Å². The fraction of sp³-hybridized carbons (Fsp3) is 0.545. The summed E-state index contributed by atoms with van der Waals surface area (Å²) in [6.07, 6.45) is 10.1. The summed E-state index contributed by atoms with van der Waals surface area (Å²) < 4.78 is 0. The van der Waals surface area contributed by atoms with Crippen molar-refractivity contribution in [2.24, 2.45) is 5.92 Å². The van der Waals surface area contributed by atoms with Gasteiger partial charge in [0.25, 0.3) is 0 Å². The summed E-state index contributed by atoms with van der Waals surface area (Å²) in [7, 11) is 0. The number of aryl methyl sites for hydroxylation is 1. The molecule has 8 heteroatoms. The fourth-order valence-corrected chi connectivity index (χ4v) is 5.89. The number of anilines is 2. The lowest BCUT2D eigenvalue weighted by Crippen LogP contribution is -2.47. The number of nitrogens with one attached hydrogen (secondary N) is 1. The van der Waals surface area contributed by atoms with Gasteiger partial charge in [0.1, 0.15) is 17.0 Å². The third-order valence-electron chi connectivity index (χ3n) is 6.24. The zero-order valence-electron chi connectivity index (χ0n) is 17.5. The average molecular weight is 424 g/mol. The van der Waals surface area contributed by atoms with Crippen molar-refractivity contribution in [1.29, 1.82) is 0 Å². The highest BCUT2D eigenvalue weighted by atomic mass is 32.1. The molecule has 0 aromatic carbocycles. The van der Waals surface area contributed by atoms with Crippen molar-refractivity contribution in [2.75, 3.05) is 49.5 Å². The molecule has 7 nitrogen and oxygen atoms in total. The lowest BCUT2D eigenvalue weighted by atomic mass is 9.89. The van der Waals surface area contributed by atoms with Crippen LogP contribution in [0.15, 0.2) is 24.8 Å². The molecule has 0 saturated carbocycles. The van der Waals surface area contributed by atoms with Crippen molar-refractivity contribution in [3.05, 3.63) is 35.2 Å². The molecule has 0 bridgehead atoms. The molecule has 5 rings (SSSR count). The Kier molecular flexibility index (Phi) is 5.77. The van der Waals surface area contributed by atoms with Crippen LogP contribution in [0.4, 0.5) is 11.8 Å². The molecule has 1 atom stereocenters. The standard InChI is InChI=1S/C22H29N7S/c1-16-4-5-17-18(14-16)30-21-19(17)20(26-15-27-21)23-8-3-9-28-10-12-29(13-11-28)22-24-6-2-7-25-22/h2,6-7,15-16H,3-5,8-14H2,1H3,(H,23,26,27)/t16-/m0/s1. The van der Waals surface area contributed by atoms with Crippen molar-refractivity contribution in [3.63, 3.8) is 0 Å². The van der Waals surface area contributed by atoms with E-state index in [1.165, 1.54) is 28.7 Å². The van der Waals surface area contributed by atoms with Gasteiger partial charge in [-0.3, -0.25) is 4.90 Å². The Hall–Kier alpha value is -2.32. The molecule has 0 radical (unpaired) electrons. The van der Waals surface area contributed by atoms with Crippen LogP contribution in [0.2, 0.25) is 0 Å². The summed E-state index contributed by atoms with van der Waals surface area (Å²) in [4.78, 5) is 25.3. The Morgan fingerprint density at radius 3 is 2.77 bits per heavy atom. The van der Waals surface area contributed by atoms with Crippen molar-refractivity contribution in [2.45, 2.75) is 32.6 Å². The van der Waals surface area contributed by atoms with Gasteiger partial charge in [-0.05, 0) is 49.8 Å². The second kappa shape index (κ2) is 8.81. The summed E-state index contributed by atoms with van der Waals surface area (Å²) in [6.45, 7) is 8.50. The quantitative estimate of drug-likeness (QED) is 0.611. The van der Waals surface area contributed by atoms with E-state index in [2.05, 4.69) is 42.0 Å². The largest absolute Gasteiger partial charge is 0.369 e. The van der Waals surface area contributed by atoms with Crippen molar-refractivity contribution in [3.8, 4) is 0 Å². The maximum absolute atomic E-state index is 4.58. The number of hydrogen-bond acceptors (Lipinski definition) is 8. The minimum absolute atomic E-state index is 0.781. The first-order valence-corrected chi connectivity index (χ1v) is 11.8. The molecule has 0 spiro atoms. The van der Waals surface area contributed by atoms with E-state index in [9.17, 15) is 0 Å². The predicted octanol–water partition coefficient (Wildman–Crippen LogP) is 3.23. The second-order valence-electron chi connectivity index (χ2n) is 8.41. The zero-order chi connectivity index (χ0) is 20.3. The first kappa shape index (κ1) is 19.6. The number of fused-ring (bicyclic) bond motifs is 3. The van der Waals surface area contributed by atoms with Crippen LogP contribution >= 0.6 is 11.3 Å². The van der Waals surface area contributed by atoms with Gasteiger partial charge >= 0.3 is 0 Å². The molecule has 1 aliphatic carbocycles. The molecule has 2 aliphatic rings. The molecule has 1 aliphatic heterocycles. The molecule has 0 amide bonds. The van der Waals surface area contributed by atoms with E-state index in [0.29, 0.717) is 0 Å². The average Bonchev–Trinajstić information content (AvgIpc) is 3.16. The van der Waals surface area contributed by atoms with E-state index in [0.717, 1.165) is 74.6 Å². The van der Waals surface area contributed by atoms with E-state index >= 15 is 0 Å². The van der Waals surface area contributed by atoms with Gasteiger partial charge in [-0.2, -0.15) is 0 Å². The van der Waals surface area contributed by atoms with E-state index in [1.807, 2.05) is 29.8 Å². The third kappa shape index (κ3) is 4.11. The Morgan fingerprint density at radius 1 is 1.10 bits per heavy atom. The highest BCUT2D eigenvalue weighted by molar-refractivity contribution is 7.19. The van der Waals surface area contributed by atoms with E-state index in [-0.39, 0.29) is 0 Å². The van der Waals surface area contributed by atoms with Crippen LogP contribution in [0.3, 0.4) is 0 Å². The number of nitrogens with zero attached hydrogens (tertiary/aromatic N) is 6. The maximum Gasteiger partial charge on any atom is 0.225 e. The predicted molar refractivity (Wildman–Crippen MR) is 122 cm³/mol. The summed E-state index contributed by atoms with van der Waals surface area (Å²) in [5, 5.41) is 4.89. The summed E-state index contributed by atoms with van der Waals surface area (Å²) in [5.74, 6) is 2.65. The summed E-state index contributed by atoms with van der Waals surface area (Å²) >= 11 is 1.86. The lowest BCUT2D eigenvalue weighted by Gasteiger charge is -2.34. The number of aromatic nitrogens is 4. The maximum atomic E-state index is 4.58.